The van der Waals surface area contributed by atoms with Crippen molar-refractivity contribution in [2.75, 3.05) is 6.61 Å². The molecule has 5 nitrogen and oxygen atoms in total. The number of carbonyl (C=O) groups is 1. The van der Waals surface area contributed by atoms with E-state index in [2.05, 4.69) is 10.6 Å². The molecule has 0 saturated carbocycles. The summed E-state index contributed by atoms with van der Waals surface area (Å²) in [4.78, 5) is 12.1. The fourth-order valence-electron chi connectivity index (χ4n) is 2.82. The van der Waals surface area contributed by atoms with Gasteiger partial charge in [0, 0.05) is 12.0 Å². The number of benzene rings is 1. The predicted octanol–water partition coefficient (Wildman–Crippen LogP) is 3.36. The molecule has 1 fully saturated rings. The summed E-state index contributed by atoms with van der Waals surface area (Å²) in [6.07, 6.45) is 2.18. The maximum absolute atomic E-state index is 12.1. The van der Waals surface area contributed by atoms with E-state index in [-0.39, 0.29) is 24.2 Å². The number of nitrogens with one attached hydrogen (secondary N) is 2. The van der Waals surface area contributed by atoms with Crippen molar-refractivity contribution in [1.29, 1.82) is 0 Å². The molecule has 2 amide bonds. The Morgan fingerprint density at radius 3 is 2.82 bits per heavy atom. The lowest BCUT2D eigenvalue weighted by molar-refractivity contribution is 0.0858. The fourth-order valence-corrected chi connectivity index (χ4v) is 2.82. The van der Waals surface area contributed by atoms with Crippen LogP contribution in [0.4, 0.5) is 4.79 Å². The smallest absolute Gasteiger partial charge is 0.315 e. The summed E-state index contributed by atoms with van der Waals surface area (Å²) < 4.78 is 11.4. The van der Waals surface area contributed by atoms with E-state index in [4.69, 9.17) is 9.15 Å². The average Bonchev–Trinajstić information content (AvgIpc) is 3.16. The second-order valence-corrected chi connectivity index (χ2v) is 5.87. The molecule has 3 rings (SSSR count). The minimum Gasteiger partial charge on any atom is -0.459 e. The Kier molecular flexibility index (Phi) is 4.34. The van der Waals surface area contributed by atoms with Crippen molar-refractivity contribution in [3.63, 3.8) is 0 Å². The van der Waals surface area contributed by atoms with Gasteiger partial charge in [0.15, 0.2) is 0 Å². The van der Waals surface area contributed by atoms with Gasteiger partial charge in [-0.05, 0) is 38.8 Å². The summed E-state index contributed by atoms with van der Waals surface area (Å²) >= 11 is 0. The number of rotatable bonds is 4. The minimum absolute atomic E-state index is 0.00498. The third-order valence-corrected chi connectivity index (χ3v) is 4.10. The summed E-state index contributed by atoms with van der Waals surface area (Å²) in [5.74, 6) is 0.751. The van der Waals surface area contributed by atoms with E-state index in [0.717, 1.165) is 36.2 Å². The van der Waals surface area contributed by atoms with E-state index in [1.54, 1.807) is 0 Å². The number of amides is 2. The maximum Gasteiger partial charge on any atom is 0.315 e. The zero-order valence-electron chi connectivity index (χ0n) is 13.0. The second-order valence-electron chi connectivity index (χ2n) is 5.87. The zero-order valence-corrected chi connectivity index (χ0v) is 13.0. The summed E-state index contributed by atoms with van der Waals surface area (Å²) in [6, 6.07) is 9.40. The minimum atomic E-state index is -0.198. The van der Waals surface area contributed by atoms with Crippen LogP contribution in [0.25, 0.3) is 11.0 Å². The lowest BCUT2D eigenvalue weighted by Gasteiger charge is -2.21. The number of furan rings is 1. The topological polar surface area (TPSA) is 63.5 Å². The van der Waals surface area contributed by atoms with Crippen LogP contribution in [0.1, 0.15) is 38.5 Å². The van der Waals surface area contributed by atoms with Crippen molar-refractivity contribution in [3.05, 3.63) is 36.1 Å². The van der Waals surface area contributed by atoms with Crippen LogP contribution in [-0.4, -0.2) is 24.8 Å². The van der Waals surface area contributed by atoms with E-state index in [9.17, 15) is 4.79 Å². The Bertz CT molecular complexity index is 613. The SMILES string of the molecule is CC(NC(=O)NC(C)C1CCCO1)c1cc2ccccc2o1. The molecule has 5 heteroatoms. The molecule has 118 valence electrons. The zero-order chi connectivity index (χ0) is 15.5. The first-order chi connectivity index (χ1) is 10.6. The summed E-state index contributed by atoms with van der Waals surface area (Å²) in [6.45, 7) is 4.67. The van der Waals surface area contributed by atoms with E-state index in [1.807, 2.05) is 44.2 Å². The van der Waals surface area contributed by atoms with Crippen molar-refractivity contribution in [2.45, 2.75) is 44.9 Å². The molecule has 1 aromatic heterocycles. The highest BCUT2D eigenvalue weighted by atomic mass is 16.5. The van der Waals surface area contributed by atoms with Gasteiger partial charge in [0.05, 0.1) is 18.2 Å². The standard InChI is InChI=1S/C17H22N2O3/c1-11(14-8-5-9-21-14)18-17(20)19-12(2)16-10-13-6-3-4-7-15(13)22-16/h3-4,6-7,10-12,14H,5,8-9H2,1-2H3,(H2,18,19,20). The lowest BCUT2D eigenvalue weighted by atomic mass is 10.1. The van der Waals surface area contributed by atoms with Gasteiger partial charge in [0.2, 0.25) is 0 Å². The molecule has 3 atom stereocenters. The van der Waals surface area contributed by atoms with Crippen molar-refractivity contribution in [1.82, 2.24) is 10.6 Å². The molecule has 1 aliphatic rings. The largest absolute Gasteiger partial charge is 0.459 e. The molecule has 0 aliphatic carbocycles. The highest BCUT2D eigenvalue weighted by Gasteiger charge is 2.24. The molecule has 0 spiro atoms. The van der Waals surface area contributed by atoms with Gasteiger partial charge in [-0.3, -0.25) is 0 Å². The molecular weight excluding hydrogens is 280 g/mol. The molecule has 22 heavy (non-hydrogen) atoms. The van der Waals surface area contributed by atoms with E-state index in [0.29, 0.717) is 0 Å². The van der Waals surface area contributed by atoms with Crippen LogP contribution in [0.2, 0.25) is 0 Å². The van der Waals surface area contributed by atoms with E-state index >= 15 is 0 Å². The maximum atomic E-state index is 12.1. The Hall–Kier alpha value is -2.01. The predicted molar refractivity (Wildman–Crippen MR) is 84.7 cm³/mol. The van der Waals surface area contributed by atoms with Crippen molar-refractivity contribution in [3.8, 4) is 0 Å². The first-order valence-corrected chi connectivity index (χ1v) is 7.80. The van der Waals surface area contributed by atoms with Crippen LogP contribution >= 0.6 is 0 Å². The van der Waals surface area contributed by atoms with Crippen molar-refractivity contribution >= 4 is 17.0 Å². The van der Waals surface area contributed by atoms with E-state index in [1.165, 1.54) is 0 Å². The third-order valence-electron chi connectivity index (χ3n) is 4.10. The first-order valence-electron chi connectivity index (χ1n) is 7.80. The molecule has 2 N–H and O–H groups in total. The number of carbonyl (C=O) groups excluding carboxylic acids is 1. The van der Waals surface area contributed by atoms with Crippen LogP contribution in [0.3, 0.4) is 0 Å². The van der Waals surface area contributed by atoms with Gasteiger partial charge >= 0.3 is 6.03 Å². The molecule has 1 aromatic carbocycles. The molecule has 1 saturated heterocycles. The summed E-state index contributed by atoms with van der Waals surface area (Å²) in [5, 5.41) is 6.89. The summed E-state index contributed by atoms with van der Waals surface area (Å²) in [5.41, 5.74) is 0.833. The lowest BCUT2D eigenvalue weighted by Crippen LogP contribution is -2.46. The van der Waals surface area contributed by atoms with Crippen LogP contribution in [0.15, 0.2) is 34.7 Å². The highest BCUT2D eigenvalue weighted by Crippen LogP contribution is 2.23. The quantitative estimate of drug-likeness (QED) is 0.910. The average molecular weight is 302 g/mol. The molecular formula is C17H22N2O3. The van der Waals surface area contributed by atoms with Gasteiger partial charge < -0.3 is 19.8 Å². The molecule has 3 unspecified atom stereocenters. The monoisotopic (exact) mass is 302 g/mol. The van der Waals surface area contributed by atoms with Crippen LogP contribution in [0, 0.1) is 0 Å². The number of urea groups is 1. The van der Waals surface area contributed by atoms with Gasteiger partial charge in [-0.15, -0.1) is 0 Å². The number of hydrogen-bond acceptors (Lipinski definition) is 3. The fraction of sp³-hybridized carbons (Fsp3) is 0.471. The van der Waals surface area contributed by atoms with E-state index < -0.39 is 0 Å². The molecule has 0 radical (unpaired) electrons. The molecule has 2 heterocycles. The van der Waals surface area contributed by atoms with Gasteiger partial charge in [-0.2, -0.15) is 0 Å². The van der Waals surface area contributed by atoms with Gasteiger partial charge in [-0.25, -0.2) is 4.79 Å². The number of fused-ring (bicyclic) bond motifs is 1. The normalized spacial score (nSPS) is 20.7. The Morgan fingerprint density at radius 1 is 1.27 bits per heavy atom. The third kappa shape index (κ3) is 3.25. The summed E-state index contributed by atoms with van der Waals surface area (Å²) in [7, 11) is 0. The highest BCUT2D eigenvalue weighted by molar-refractivity contribution is 5.78. The Morgan fingerprint density at radius 2 is 2.09 bits per heavy atom. The van der Waals surface area contributed by atoms with Crippen LogP contribution < -0.4 is 10.6 Å². The molecule has 1 aliphatic heterocycles. The first kappa shape index (κ1) is 14.9. The van der Waals surface area contributed by atoms with Gasteiger partial charge in [-0.1, -0.05) is 18.2 Å². The second kappa shape index (κ2) is 6.40. The number of para-hydroxylation sites is 1. The van der Waals surface area contributed by atoms with Gasteiger partial charge in [0.25, 0.3) is 0 Å². The Labute approximate surface area is 130 Å². The number of ether oxygens (including phenoxy) is 1. The molecule has 2 aromatic rings. The van der Waals surface area contributed by atoms with Crippen LogP contribution in [0.5, 0.6) is 0 Å². The number of hydrogen-bond donors (Lipinski definition) is 2. The Balaban J connectivity index is 1.58. The van der Waals surface area contributed by atoms with Gasteiger partial charge in [0.1, 0.15) is 11.3 Å². The molecule has 0 bridgehead atoms. The van der Waals surface area contributed by atoms with Crippen molar-refractivity contribution in [2.24, 2.45) is 0 Å². The van der Waals surface area contributed by atoms with Crippen molar-refractivity contribution < 1.29 is 13.9 Å². The van der Waals surface area contributed by atoms with Crippen LogP contribution in [-0.2, 0) is 4.74 Å².